The van der Waals surface area contributed by atoms with Gasteiger partial charge in [-0.05, 0) is 37.0 Å². The summed E-state index contributed by atoms with van der Waals surface area (Å²) in [7, 11) is 0. The average Bonchev–Trinajstić information content (AvgIpc) is 3.32. The number of nitrogen functional groups attached to an aromatic ring is 1. The van der Waals surface area contributed by atoms with Crippen LogP contribution >= 0.6 is 0 Å². The van der Waals surface area contributed by atoms with E-state index in [1.54, 1.807) is 6.20 Å². The van der Waals surface area contributed by atoms with Gasteiger partial charge in [0.25, 0.3) is 0 Å². The van der Waals surface area contributed by atoms with Crippen molar-refractivity contribution >= 4 is 17.0 Å². The summed E-state index contributed by atoms with van der Waals surface area (Å²) >= 11 is 0. The van der Waals surface area contributed by atoms with Crippen LogP contribution in [0, 0.1) is 5.82 Å². The lowest BCUT2D eigenvalue weighted by Gasteiger charge is -2.35. The molecule has 5 heterocycles. The van der Waals surface area contributed by atoms with Gasteiger partial charge < -0.3 is 20.4 Å². The van der Waals surface area contributed by atoms with Crippen LogP contribution < -0.4 is 15.8 Å². The van der Waals surface area contributed by atoms with Gasteiger partial charge in [-0.2, -0.15) is 9.97 Å². The van der Waals surface area contributed by atoms with E-state index in [1.165, 1.54) is 30.7 Å². The number of benzene rings is 1. The van der Waals surface area contributed by atoms with Crippen LogP contribution in [0.5, 0.6) is 6.01 Å². The smallest absolute Gasteiger partial charge is 0.320 e. The number of nitrogens with one attached hydrogen (secondary N) is 1. The van der Waals surface area contributed by atoms with E-state index in [0.717, 1.165) is 25.2 Å². The maximum absolute atomic E-state index is 14.0. The number of nitrogens with two attached hydrogens (primary N) is 1. The molecule has 3 aromatic heterocycles. The quantitative estimate of drug-likeness (QED) is 0.409. The van der Waals surface area contributed by atoms with Gasteiger partial charge in [0.05, 0.1) is 19.3 Å². The van der Waals surface area contributed by atoms with Gasteiger partial charge in [0.1, 0.15) is 11.6 Å². The number of imidazole rings is 1. The fourth-order valence-corrected chi connectivity index (χ4v) is 5.37. The van der Waals surface area contributed by atoms with E-state index < -0.39 is 5.82 Å². The maximum atomic E-state index is 14.0. The lowest BCUT2D eigenvalue weighted by Crippen LogP contribution is -2.51. The van der Waals surface area contributed by atoms with Gasteiger partial charge in [-0.25, -0.2) is 9.37 Å². The van der Waals surface area contributed by atoms with E-state index in [4.69, 9.17) is 10.5 Å². The summed E-state index contributed by atoms with van der Waals surface area (Å²) in [4.78, 5) is 20.1. The topological polar surface area (TPSA) is 107 Å². The Morgan fingerprint density at radius 1 is 1.03 bits per heavy atom. The highest BCUT2D eigenvalue weighted by Crippen LogP contribution is 2.30. The number of aromatic nitrogens is 5. The Bertz CT molecular complexity index is 1370. The number of hydrogen-bond acceptors (Lipinski definition) is 8. The monoisotopic (exact) mass is 488 g/mol. The number of rotatable bonds is 7. The van der Waals surface area contributed by atoms with Gasteiger partial charge in [-0.3, -0.25) is 9.88 Å². The van der Waals surface area contributed by atoms with Crippen LogP contribution in [-0.4, -0.2) is 61.2 Å². The summed E-state index contributed by atoms with van der Waals surface area (Å²) in [6.45, 7) is 5.87. The largest absolute Gasteiger partial charge is 0.464 e. The van der Waals surface area contributed by atoms with Crippen molar-refractivity contribution in [3.63, 3.8) is 0 Å². The third kappa shape index (κ3) is 4.27. The Morgan fingerprint density at radius 3 is 2.44 bits per heavy atom. The molecule has 0 saturated carbocycles. The Morgan fingerprint density at radius 2 is 1.75 bits per heavy atom. The minimum absolute atomic E-state index is 0.188. The van der Waals surface area contributed by atoms with Crippen molar-refractivity contribution in [2.24, 2.45) is 0 Å². The fraction of sp³-hybridized carbons (Fsp3) is 0.385. The van der Waals surface area contributed by atoms with Crippen LogP contribution in [0.15, 0.2) is 42.7 Å². The first-order valence-corrected chi connectivity index (χ1v) is 12.4. The molecule has 1 aromatic carbocycles. The summed E-state index contributed by atoms with van der Waals surface area (Å²) in [6.07, 6.45) is 5.30. The standard InChI is InChI=1S/C26H29FN8O/c1-2-36-26-32-23(28)22-25(33-26)35(24(31-22)18-9-19(27)11-29-10-18)15-17-5-3-16(4-6-17)14-34-20-7-8-21(34)13-30-12-20/h3-6,9-11,20-21,30H,2,7-8,12-15H2,1H3,(H2,28,32,33)/t20-,21?/m0/s1. The highest BCUT2D eigenvalue weighted by atomic mass is 19.1. The molecule has 0 spiro atoms. The number of hydrogen-bond donors (Lipinski definition) is 2. The molecule has 0 amide bonds. The summed E-state index contributed by atoms with van der Waals surface area (Å²) in [5.74, 6) is 0.299. The number of pyridine rings is 1. The fourth-order valence-electron chi connectivity index (χ4n) is 5.37. The van der Waals surface area contributed by atoms with Crippen LogP contribution in [0.1, 0.15) is 30.9 Å². The highest BCUT2D eigenvalue weighted by molar-refractivity contribution is 5.85. The molecular formula is C26H29FN8O. The van der Waals surface area contributed by atoms with Crippen molar-refractivity contribution in [1.82, 2.24) is 34.7 Å². The molecule has 36 heavy (non-hydrogen) atoms. The zero-order valence-corrected chi connectivity index (χ0v) is 20.2. The van der Waals surface area contributed by atoms with Crippen molar-refractivity contribution in [3.8, 4) is 17.4 Å². The van der Waals surface area contributed by atoms with E-state index in [9.17, 15) is 4.39 Å². The molecule has 2 aliphatic heterocycles. The van der Waals surface area contributed by atoms with Gasteiger partial charge >= 0.3 is 6.01 Å². The third-order valence-corrected chi connectivity index (χ3v) is 7.10. The van der Waals surface area contributed by atoms with Crippen molar-refractivity contribution in [2.75, 3.05) is 25.4 Å². The maximum Gasteiger partial charge on any atom is 0.320 e. The summed E-state index contributed by atoms with van der Waals surface area (Å²) < 4.78 is 21.5. The van der Waals surface area contributed by atoms with Crippen LogP contribution in [-0.2, 0) is 13.1 Å². The molecule has 1 unspecified atom stereocenters. The van der Waals surface area contributed by atoms with Crippen LogP contribution in [0.3, 0.4) is 0 Å². The van der Waals surface area contributed by atoms with Crippen molar-refractivity contribution in [1.29, 1.82) is 0 Å². The average molecular weight is 489 g/mol. The molecule has 0 radical (unpaired) electrons. The molecule has 2 aliphatic rings. The summed E-state index contributed by atoms with van der Waals surface area (Å²) in [5, 5.41) is 3.54. The molecule has 2 fully saturated rings. The van der Waals surface area contributed by atoms with Gasteiger partial charge in [0.2, 0.25) is 0 Å². The molecule has 186 valence electrons. The summed E-state index contributed by atoms with van der Waals surface area (Å²) in [5.41, 5.74) is 10.1. The lowest BCUT2D eigenvalue weighted by molar-refractivity contribution is 0.145. The van der Waals surface area contributed by atoms with Gasteiger partial charge in [0.15, 0.2) is 17.0 Å². The van der Waals surface area contributed by atoms with Crippen LogP contribution in [0.4, 0.5) is 10.2 Å². The van der Waals surface area contributed by atoms with Crippen molar-refractivity contribution in [2.45, 2.75) is 44.9 Å². The van der Waals surface area contributed by atoms with Crippen LogP contribution in [0.25, 0.3) is 22.6 Å². The zero-order valence-electron chi connectivity index (χ0n) is 20.2. The molecule has 4 aromatic rings. The molecule has 6 rings (SSSR count). The molecule has 2 atom stereocenters. The first-order valence-electron chi connectivity index (χ1n) is 12.4. The van der Waals surface area contributed by atoms with Crippen molar-refractivity contribution < 1.29 is 9.13 Å². The van der Waals surface area contributed by atoms with E-state index in [2.05, 4.69) is 54.4 Å². The predicted octanol–water partition coefficient (Wildman–Crippen LogP) is 2.99. The number of nitrogens with zero attached hydrogens (tertiary/aromatic N) is 6. The predicted molar refractivity (Wildman–Crippen MR) is 135 cm³/mol. The lowest BCUT2D eigenvalue weighted by atomic mass is 10.1. The number of halogens is 1. The first kappa shape index (κ1) is 22.8. The van der Waals surface area contributed by atoms with Gasteiger partial charge in [-0.1, -0.05) is 24.3 Å². The first-order chi connectivity index (χ1) is 17.6. The normalized spacial score (nSPS) is 19.7. The number of piperazine rings is 1. The zero-order chi connectivity index (χ0) is 24.6. The molecule has 2 bridgehead atoms. The number of ether oxygens (including phenoxy) is 1. The second kappa shape index (κ2) is 9.44. The van der Waals surface area contributed by atoms with Crippen LogP contribution in [0.2, 0.25) is 0 Å². The number of fused-ring (bicyclic) bond motifs is 3. The Kier molecular flexibility index (Phi) is 5.98. The Balaban J connectivity index is 1.34. The second-order valence-electron chi connectivity index (χ2n) is 9.44. The molecule has 2 saturated heterocycles. The highest BCUT2D eigenvalue weighted by Gasteiger charge is 2.36. The minimum Gasteiger partial charge on any atom is -0.464 e. The SMILES string of the molecule is CCOc1nc(N)c2nc(-c3cncc(F)c3)n(Cc3ccc(CN4C5CC[C@H]4CNC5)cc3)c2n1. The second-order valence-corrected chi connectivity index (χ2v) is 9.44. The Labute approximate surface area is 208 Å². The van der Waals surface area contributed by atoms with Gasteiger partial charge in [0, 0.05) is 43.5 Å². The Hall–Kier alpha value is -3.63. The van der Waals surface area contributed by atoms with Gasteiger partial charge in [-0.15, -0.1) is 0 Å². The summed E-state index contributed by atoms with van der Waals surface area (Å²) in [6, 6.07) is 11.5. The van der Waals surface area contributed by atoms with E-state index in [-0.39, 0.29) is 11.8 Å². The minimum atomic E-state index is -0.439. The molecule has 3 N–H and O–H groups in total. The third-order valence-electron chi connectivity index (χ3n) is 7.10. The van der Waals surface area contributed by atoms with E-state index >= 15 is 0 Å². The van der Waals surface area contributed by atoms with E-state index in [1.807, 2.05) is 11.5 Å². The number of anilines is 1. The molecule has 0 aliphatic carbocycles. The molecule has 9 nitrogen and oxygen atoms in total. The molecular weight excluding hydrogens is 459 g/mol. The van der Waals surface area contributed by atoms with E-state index in [0.29, 0.717) is 47.8 Å². The van der Waals surface area contributed by atoms with Crippen molar-refractivity contribution in [3.05, 3.63) is 59.7 Å². The molecule has 10 heteroatoms.